The van der Waals surface area contributed by atoms with Crippen molar-refractivity contribution in [3.8, 4) is 5.75 Å². The second-order valence-corrected chi connectivity index (χ2v) is 7.73. The van der Waals surface area contributed by atoms with E-state index in [9.17, 15) is 26.4 Å². The number of nitrogens with one attached hydrogen (secondary N) is 2. The molecule has 0 bridgehead atoms. The molecule has 0 saturated carbocycles. The molecule has 156 valence electrons. The molecule has 3 aromatic carbocycles. The smallest absolute Gasteiger partial charge is 0.262 e. The van der Waals surface area contributed by atoms with Crippen molar-refractivity contribution in [1.29, 1.82) is 0 Å². The molecule has 0 aliphatic heterocycles. The van der Waals surface area contributed by atoms with Gasteiger partial charge in [0.2, 0.25) is 0 Å². The summed E-state index contributed by atoms with van der Waals surface area (Å²) >= 11 is 0. The molecular weight excluding hydrogens is 421 g/mol. The fourth-order valence-electron chi connectivity index (χ4n) is 2.37. The highest BCUT2D eigenvalue weighted by Crippen LogP contribution is 2.20. The number of sulfonamides is 1. The van der Waals surface area contributed by atoms with E-state index in [-0.39, 0.29) is 22.0 Å². The highest BCUT2D eigenvalue weighted by Gasteiger charge is 2.15. The van der Waals surface area contributed by atoms with E-state index >= 15 is 0 Å². The molecule has 3 rings (SSSR count). The van der Waals surface area contributed by atoms with Gasteiger partial charge in [-0.25, -0.2) is 21.6 Å². The van der Waals surface area contributed by atoms with Crippen LogP contribution < -0.4 is 14.8 Å². The number of amides is 1. The molecule has 0 aliphatic rings. The van der Waals surface area contributed by atoms with Crippen LogP contribution in [0.15, 0.2) is 71.6 Å². The first-order valence-electron chi connectivity index (χ1n) is 8.49. The number of halogens is 3. The lowest BCUT2D eigenvalue weighted by atomic mass is 10.3. The van der Waals surface area contributed by atoms with Gasteiger partial charge in [0.05, 0.1) is 10.6 Å². The topological polar surface area (TPSA) is 84.5 Å². The van der Waals surface area contributed by atoms with E-state index < -0.39 is 40.0 Å². The van der Waals surface area contributed by atoms with Crippen LogP contribution in [0.4, 0.5) is 24.5 Å². The Morgan fingerprint density at radius 3 is 2.13 bits per heavy atom. The second kappa shape index (κ2) is 8.87. The lowest BCUT2D eigenvalue weighted by Gasteiger charge is -2.10. The van der Waals surface area contributed by atoms with Gasteiger partial charge < -0.3 is 10.1 Å². The molecule has 0 radical (unpaired) electrons. The third-order valence-corrected chi connectivity index (χ3v) is 5.20. The number of ether oxygens (including phenoxy) is 1. The molecule has 0 aromatic heterocycles. The molecular formula is C20H15F3N2O4S. The first-order chi connectivity index (χ1) is 14.2. The Kier molecular flexibility index (Phi) is 6.26. The van der Waals surface area contributed by atoms with E-state index in [1.165, 1.54) is 36.4 Å². The molecule has 2 N–H and O–H groups in total. The molecule has 0 spiro atoms. The summed E-state index contributed by atoms with van der Waals surface area (Å²) in [5.41, 5.74) is -0.000248. The van der Waals surface area contributed by atoms with Crippen molar-refractivity contribution in [2.45, 2.75) is 4.90 Å². The van der Waals surface area contributed by atoms with Crippen LogP contribution in [0.5, 0.6) is 5.75 Å². The summed E-state index contributed by atoms with van der Waals surface area (Å²) in [5, 5.41) is 2.24. The number of hydrogen-bond donors (Lipinski definition) is 2. The summed E-state index contributed by atoms with van der Waals surface area (Å²) < 4.78 is 71.6. The maximum atomic E-state index is 13.5. The highest BCUT2D eigenvalue weighted by molar-refractivity contribution is 7.92. The normalized spacial score (nSPS) is 11.0. The SMILES string of the molecule is O=C(COc1ccc(S(=O)(=O)Nc2ccc(F)cc2)cc1)Nc1ccc(F)cc1F. The van der Waals surface area contributed by atoms with Gasteiger partial charge in [0, 0.05) is 11.8 Å². The van der Waals surface area contributed by atoms with Crippen LogP contribution in [-0.4, -0.2) is 20.9 Å². The monoisotopic (exact) mass is 436 g/mol. The predicted molar refractivity (Wildman–Crippen MR) is 104 cm³/mol. The van der Waals surface area contributed by atoms with E-state index in [4.69, 9.17) is 4.74 Å². The number of rotatable bonds is 7. The standard InChI is InChI=1S/C20H15F3N2O4S/c21-13-1-4-15(5-2-13)25-30(27,28)17-8-6-16(7-9-17)29-12-20(26)24-19-10-3-14(22)11-18(19)23/h1-11,25H,12H2,(H,24,26). The molecule has 30 heavy (non-hydrogen) atoms. The van der Waals surface area contributed by atoms with Crippen molar-refractivity contribution >= 4 is 27.3 Å². The van der Waals surface area contributed by atoms with Crippen LogP contribution in [-0.2, 0) is 14.8 Å². The number of carbonyl (C=O) groups is 1. The van der Waals surface area contributed by atoms with Gasteiger partial charge >= 0.3 is 0 Å². The Bertz CT molecular complexity index is 1150. The summed E-state index contributed by atoms with van der Waals surface area (Å²) in [6.07, 6.45) is 0. The van der Waals surface area contributed by atoms with Crippen LogP contribution in [0, 0.1) is 17.5 Å². The van der Waals surface area contributed by atoms with Crippen molar-refractivity contribution in [2.75, 3.05) is 16.6 Å². The second-order valence-electron chi connectivity index (χ2n) is 6.04. The highest BCUT2D eigenvalue weighted by atomic mass is 32.2. The van der Waals surface area contributed by atoms with E-state index in [0.717, 1.165) is 24.3 Å². The summed E-state index contributed by atoms with van der Waals surface area (Å²) in [7, 11) is -3.90. The fraction of sp³-hybridized carbons (Fsp3) is 0.0500. The Morgan fingerprint density at radius 2 is 1.50 bits per heavy atom. The zero-order valence-corrected chi connectivity index (χ0v) is 16.0. The maximum Gasteiger partial charge on any atom is 0.262 e. The molecule has 3 aromatic rings. The van der Waals surface area contributed by atoms with Crippen molar-refractivity contribution in [3.05, 3.63) is 84.2 Å². The summed E-state index contributed by atoms with van der Waals surface area (Å²) in [4.78, 5) is 11.8. The molecule has 1 amide bonds. The van der Waals surface area contributed by atoms with Crippen LogP contribution in [0.1, 0.15) is 0 Å². The van der Waals surface area contributed by atoms with Crippen molar-refractivity contribution < 1.29 is 31.1 Å². The van der Waals surface area contributed by atoms with Crippen LogP contribution in [0.3, 0.4) is 0 Å². The first-order valence-corrected chi connectivity index (χ1v) is 9.97. The van der Waals surface area contributed by atoms with Gasteiger partial charge in [0.15, 0.2) is 6.61 Å². The average Bonchev–Trinajstić information content (AvgIpc) is 2.70. The van der Waals surface area contributed by atoms with E-state index in [1.54, 1.807) is 0 Å². The minimum absolute atomic E-state index is 0.0722. The van der Waals surface area contributed by atoms with E-state index in [0.29, 0.717) is 6.07 Å². The average molecular weight is 436 g/mol. The third-order valence-electron chi connectivity index (χ3n) is 3.81. The van der Waals surface area contributed by atoms with Crippen LogP contribution >= 0.6 is 0 Å². The van der Waals surface area contributed by atoms with Gasteiger partial charge in [0.1, 0.15) is 23.2 Å². The largest absolute Gasteiger partial charge is 0.484 e. The molecule has 10 heteroatoms. The third kappa shape index (κ3) is 5.51. The van der Waals surface area contributed by atoms with Gasteiger partial charge in [-0.05, 0) is 60.7 Å². The Labute approximate surface area is 170 Å². The molecule has 0 heterocycles. The molecule has 0 saturated heterocycles. The Balaban J connectivity index is 1.58. The lowest BCUT2D eigenvalue weighted by Crippen LogP contribution is -2.21. The summed E-state index contributed by atoms with van der Waals surface area (Å²) in [6, 6.07) is 12.7. The van der Waals surface area contributed by atoms with Crippen molar-refractivity contribution in [2.24, 2.45) is 0 Å². The minimum Gasteiger partial charge on any atom is -0.484 e. The van der Waals surface area contributed by atoms with Gasteiger partial charge in [-0.15, -0.1) is 0 Å². The van der Waals surface area contributed by atoms with Gasteiger partial charge in [-0.2, -0.15) is 0 Å². The van der Waals surface area contributed by atoms with E-state index in [2.05, 4.69) is 10.0 Å². The summed E-state index contributed by atoms with van der Waals surface area (Å²) in [6.45, 7) is -0.475. The zero-order chi connectivity index (χ0) is 21.7. The molecule has 0 atom stereocenters. The molecule has 0 aliphatic carbocycles. The predicted octanol–water partition coefficient (Wildman–Crippen LogP) is 3.92. The van der Waals surface area contributed by atoms with Crippen LogP contribution in [0.25, 0.3) is 0 Å². The number of carbonyl (C=O) groups excluding carboxylic acids is 1. The van der Waals surface area contributed by atoms with Crippen molar-refractivity contribution in [3.63, 3.8) is 0 Å². The number of anilines is 2. The lowest BCUT2D eigenvalue weighted by molar-refractivity contribution is -0.118. The number of hydrogen-bond acceptors (Lipinski definition) is 4. The first kappa shape index (κ1) is 21.2. The van der Waals surface area contributed by atoms with Gasteiger partial charge in [-0.3, -0.25) is 9.52 Å². The van der Waals surface area contributed by atoms with Crippen LogP contribution in [0.2, 0.25) is 0 Å². The minimum atomic E-state index is -3.90. The molecule has 0 unspecified atom stereocenters. The maximum absolute atomic E-state index is 13.5. The number of benzene rings is 3. The summed E-state index contributed by atoms with van der Waals surface area (Å²) in [5.74, 6) is -2.68. The van der Waals surface area contributed by atoms with E-state index in [1.807, 2.05) is 0 Å². The zero-order valence-electron chi connectivity index (χ0n) is 15.2. The Hall–Kier alpha value is -3.53. The fourth-order valence-corrected chi connectivity index (χ4v) is 3.43. The quantitative estimate of drug-likeness (QED) is 0.588. The molecule has 6 nitrogen and oxygen atoms in total. The van der Waals surface area contributed by atoms with Crippen molar-refractivity contribution in [1.82, 2.24) is 0 Å². The Morgan fingerprint density at radius 1 is 0.867 bits per heavy atom. The van der Waals surface area contributed by atoms with Gasteiger partial charge in [-0.1, -0.05) is 0 Å². The molecule has 0 fully saturated rings. The van der Waals surface area contributed by atoms with Gasteiger partial charge in [0.25, 0.3) is 15.9 Å².